The average Bonchev–Trinajstić information content (AvgIpc) is 3.87. The lowest BCUT2D eigenvalue weighted by atomic mass is 9.90. The second kappa shape index (κ2) is 10.4. The van der Waals surface area contributed by atoms with E-state index in [4.69, 9.17) is 14.7 Å². The van der Waals surface area contributed by atoms with E-state index < -0.39 is 0 Å². The Morgan fingerprint density at radius 3 is 2.60 bits per heavy atom. The van der Waals surface area contributed by atoms with E-state index in [9.17, 15) is 0 Å². The van der Waals surface area contributed by atoms with Crippen molar-refractivity contribution >= 4 is 41.4 Å². The zero-order valence-corrected chi connectivity index (χ0v) is 24.4. The van der Waals surface area contributed by atoms with Gasteiger partial charge in [0.15, 0.2) is 17.8 Å². The lowest BCUT2D eigenvalue weighted by molar-refractivity contribution is 0.257. The Kier molecular flexibility index (Phi) is 5.96. The standard InChI is InChI=1S/C38H29N6O/c1-2-6-27(7-3-1)38-42-30-14-15-33-35(36(30)45-38)29-8-4-5-9-32(29)44(33)34-22-31(41-37(43-34)28-18-21-40-23-28)26-12-10-24(11-13-26)25-16-19-39-20-17-25/h1-16,18-23,25,29,32,38,42H,17H2/q+1. The SMILES string of the molecule is C1=CC2c3c(ccc4c3OC(c3ccccc3)N4)N(c3cc(-c4ccc(C5C=CN=CC5)cc4)nc(C4=CC=[N+]=C4)n3)C2C=C1. The first-order chi connectivity index (χ1) is 22.3. The molecule has 4 aromatic rings. The van der Waals surface area contributed by atoms with Gasteiger partial charge in [0.2, 0.25) is 0 Å². The van der Waals surface area contributed by atoms with Gasteiger partial charge in [0.1, 0.15) is 11.4 Å². The third kappa shape index (κ3) is 4.36. The molecule has 7 nitrogen and oxygen atoms in total. The molecule has 1 aliphatic carbocycles. The monoisotopic (exact) mass is 585 g/mol. The summed E-state index contributed by atoms with van der Waals surface area (Å²) in [6.07, 6.45) is 21.1. The van der Waals surface area contributed by atoms with Crippen LogP contribution in [0.25, 0.3) is 16.8 Å². The second-order valence-corrected chi connectivity index (χ2v) is 11.7. The fourth-order valence-corrected chi connectivity index (χ4v) is 6.85. The van der Waals surface area contributed by atoms with Gasteiger partial charge in [0, 0.05) is 53.1 Å². The lowest BCUT2D eigenvalue weighted by Gasteiger charge is -2.28. The minimum atomic E-state index is -0.232. The van der Waals surface area contributed by atoms with Gasteiger partial charge in [-0.25, -0.2) is 9.97 Å². The Balaban J connectivity index is 1.14. The highest BCUT2D eigenvalue weighted by Crippen LogP contribution is 2.55. The maximum atomic E-state index is 6.66. The molecule has 7 heteroatoms. The van der Waals surface area contributed by atoms with Crippen LogP contribution < -0.4 is 19.6 Å². The number of aromatic nitrogens is 2. The van der Waals surface area contributed by atoms with Gasteiger partial charge >= 0.3 is 6.21 Å². The topological polar surface area (TPSA) is 76.7 Å². The first kappa shape index (κ1) is 25.7. The number of benzene rings is 3. The summed E-state index contributed by atoms with van der Waals surface area (Å²) in [5, 5.41) is 3.59. The van der Waals surface area contributed by atoms with Gasteiger partial charge < -0.3 is 15.0 Å². The predicted octanol–water partition coefficient (Wildman–Crippen LogP) is 7.05. The summed E-state index contributed by atoms with van der Waals surface area (Å²) in [7, 11) is 0. The van der Waals surface area contributed by atoms with Crippen LogP contribution in [0.4, 0.5) is 17.2 Å². The molecule has 0 saturated carbocycles. The number of aliphatic imine (C=N–C) groups is 1. The normalized spacial score (nSPS) is 23.0. The molecule has 0 fully saturated rings. The van der Waals surface area contributed by atoms with E-state index in [0.717, 1.165) is 51.8 Å². The van der Waals surface area contributed by atoms with Crippen LogP contribution in [0, 0.1) is 0 Å². The molecule has 1 aromatic heterocycles. The van der Waals surface area contributed by atoms with Crippen LogP contribution in [0.1, 0.15) is 47.0 Å². The van der Waals surface area contributed by atoms with E-state index in [0.29, 0.717) is 11.7 Å². The van der Waals surface area contributed by atoms with Crippen molar-refractivity contribution < 1.29 is 4.74 Å². The number of fused-ring (bicyclic) bond motifs is 5. The average molecular weight is 586 g/mol. The van der Waals surface area contributed by atoms with Crippen LogP contribution in [-0.2, 0) is 0 Å². The Labute approximate surface area is 261 Å². The molecule has 216 valence electrons. The molecule has 0 amide bonds. The van der Waals surface area contributed by atoms with Crippen LogP contribution in [0.2, 0.25) is 0 Å². The first-order valence-corrected chi connectivity index (χ1v) is 15.3. The van der Waals surface area contributed by atoms with Crippen molar-refractivity contribution in [3.63, 3.8) is 0 Å². The molecule has 4 aliphatic heterocycles. The van der Waals surface area contributed by atoms with E-state index in [2.05, 4.69) is 105 Å². The zero-order valence-electron chi connectivity index (χ0n) is 24.4. The molecular weight excluding hydrogens is 556 g/mol. The number of allylic oxidation sites excluding steroid dienone is 5. The molecule has 0 bridgehead atoms. The Hall–Kier alpha value is -5.78. The number of rotatable bonds is 5. The van der Waals surface area contributed by atoms with E-state index in [1.165, 1.54) is 11.1 Å². The molecule has 5 heterocycles. The zero-order chi connectivity index (χ0) is 29.7. The van der Waals surface area contributed by atoms with Crippen molar-refractivity contribution in [2.75, 3.05) is 10.2 Å². The lowest BCUT2D eigenvalue weighted by Crippen LogP contribution is -2.29. The number of nitrogens with one attached hydrogen (secondary N) is 1. The number of nitrogens with zero attached hydrogens (tertiary/aromatic N) is 5. The van der Waals surface area contributed by atoms with E-state index in [-0.39, 0.29) is 18.2 Å². The van der Waals surface area contributed by atoms with Gasteiger partial charge in [-0.3, -0.25) is 4.99 Å². The Morgan fingerprint density at radius 1 is 0.889 bits per heavy atom. The third-order valence-electron chi connectivity index (χ3n) is 9.07. The number of anilines is 3. The Bertz CT molecular complexity index is 2050. The summed E-state index contributed by atoms with van der Waals surface area (Å²) in [5.74, 6) is 2.86. The first-order valence-electron chi connectivity index (χ1n) is 15.3. The second-order valence-electron chi connectivity index (χ2n) is 11.7. The van der Waals surface area contributed by atoms with Crippen LogP contribution >= 0.6 is 0 Å². The third-order valence-corrected chi connectivity index (χ3v) is 9.07. The minimum Gasteiger partial charge on any atom is -0.464 e. The molecule has 5 aliphatic rings. The highest BCUT2D eigenvalue weighted by molar-refractivity contribution is 6.16. The molecule has 0 spiro atoms. The predicted molar refractivity (Wildman–Crippen MR) is 182 cm³/mol. The minimum absolute atomic E-state index is 0.0476. The molecule has 1 N–H and O–H groups in total. The largest absolute Gasteiger partial charge is 0.464 e. The fraction of sp³-hybridized carbons (Fsp3) is 0.132. The number of hydrogen-bond acceptors (Lipinski definition) is 6. The highest BCUT2D eigenvalue weighted by Gasteiger charge is 2.43. The number of hydrogen-bond donors (Lipinski definition) is 1. The van der Waals surface area contributed by atoms with Crippen LogP contribution in [0.5, 0.6) is 5.75 Å². The summed E-state index contributed by atoms with van der Waals surface area (Å²) in [5.41, 5.74) is 8.44. The molecule has 45 heavy (non-hydrogen) atoms. The van der Waals surface area contributed by atoms with E-state index in [1.807, 2.05) is 42.9 Å². The summed E-state index contributed by atoms with van der Waals surface area (Å²) < 4.78 is 11.0. The van der Waals surface area contributed by atoms with Crippen molar-refractivity contribution in [1.82, 2.24) is 14.6 Å². The molecule has 0 saturated heterocycles. The summed E-state index contributed by atoms with van der Waals surface area (Å²) in [4.78, 5) is 16.8. The smallest absolute Gasteiger partial charge is 0.303 e. The fourth-order valence-electron chi connectivity index (χ4n) is 6.85. The van der Waals surface area contributed by atoms with Crippen LogP contribution in [0.15, 0.2) is 120 Å². The van der Waals surface area contributed by atoms with Gasteiger partial charge in [0.05, 0.1) is 23.1 Å². The molecule has 4 unspecified atom stereocenters. The van der Waals surface area contributed by atoms with Gasteiger partial charge in [-0.2, -0.15) is 0 Å². The molecular formula is C38H29N6O+. The van der Waals surface area contributed by atoms with Gasteiger partial charge in [-0.15, -0.1) is 4.67 Å². The van der Waals surface area contributed by atoms with Gasteiger partial charge in [-0.1, -0.05) is 85.0 Å². The molecule has 9 rings (SSSR count). The Morgan fingerprint density at radius 2 is 1.78 bits per heavy atom. The van der Waals surface area contributed by atoms with Crippen LogP contribution in [-0.4, -0.2) is 34.7 Å². The summed E-state index contributed by atoms with van der Waals surface area (Å²) in [6.45, 7) is 0. The van der Waals surface area contributed by atoms with Gasteiger partial charge in [0.25, 0.3) is 6.21 Å². The van der Waals surface area contributed by atoms with E-state index in [1.54, 1.807) is 6.21 Å². The summed E-state index contributed by atoms with van der Waals surface area (Å²) >= 11 is 0. The molecule has 4 atom stereocenters. The van der Waals surface area contributed by atoms with Crippen molar-refractivity contribution in [3.05, 3.63) is 138 Å². The van der Waals surface area contributed by atoms with Crippen molar-refractivity contribution in [1.29, 1.82) is 0 Å². The number of ether oxygens (including phenoxy) is 1. The van der Waals surface area contributed by atoms with Crippen LogP contribution in [0.3, 0.4) is 0 Å². The quantitative estimate of drug-likeness (QED) is 0.254. The van der Waals surface area contributed by atoms with Crippen molar-refractivity contribution in [3.8, 4) is 17.0 Å². The highest BCUT2D eigenvalue weighted by atomic mass is 16.5. The molecule has 3 aromatic carbocycles. The maximum absolute atomic E-state index is 6.66. The summed E-state index contributed by atoms with van der Waals surface area (Å²) in [6, 6.07) is 25.5. The molecule has 0 radical (unpaired) electrons. The maximum Gasteiger partial charge on any atom is 0.303 e. The van der Waals surface area contributed by atoms with Crippen molar-refractivity contribution in [2.45, 2.75) is 30.5 Å². The van der Waals surface area contributed by atoms with Gasteiger partial charge in [-0.05, 0) is 24.1 Å². The van der Waals surface area contributed by atoms with Crippen molar-refractivity contribution in [2.24, 2.45) is 4.99 Å². The van der Waals surface area contributed by atoms with E-state index >= 15 is 0 Å².